The van der Waals surface area contributed by atoms with Crippen LogP contribution in [0.2, 0.25) is 0 Å². The normalized spacial score (nSPS) is 13.9. The first kappa shape index (κ1) is 24.6. The molecular weight excluding hydrogens is 460 g/mol. The molecule has 0 atom stereocenters. The Morgan fingerprint density at radius 2 is 1.49 bits per heavy atom. The van der Waals surface area contributed by atoms with Gasteiger partial charge in [0, 0.05) is 46.8 Å². The molecule has 0 bridgehead atoms. The summed E-state index contributed by atoms with van der Waals surface area (Å²) in [5, 5.41) is 0. The van der Waals surface area contributed by atoms with Crippen LogP contribution in [-0.4, -0.2) is 55.1 Å². The molecule has 5 rings (SSSR count). The van der Waals surface area contributed by atoms with E-state index in [0.29, 0.717) is 18.4 Å². The summed E-state index contributed by atoms with van der Waals surface area (Å²) in [5.74, 6) is 2.74. The number of hydrogen-bond acceptors (Lipinski definition) is 7. The van der Waals surface area contributed by atoms with Gasteiger partial charge in [-0.25, -0.2) is 0 Å². The van der Waals surface area contributed by atoms with Crippen LogP contribution in [-0.2, 0) is 13.2 Å². The molecule has 7 nitrogen and oxygen atoms in total. The lowest BCUT2D eigenvalue weighted by Gasteiger charge is -2.35. The van der Waals surface area contributed by atoms with Crippen molar-refractivity contribution < 1.29 is 4.74 Å². The highest BCUT2D eigenvalue weighted by atomic mass is 16.5. The quantitative estimate of drug-likeness (QED) is 0.381. The zero-order valence-corrected chi connectivity index (χ0v) is 21.5. The highest BCUT2D eigenvalue weighted by Crippen LogP contribution is 2.36. The van der Waals surface area contributed by atoms with E-state index in [1.807, 2.05) is 61.5 Å². The molecule has 1 fully saturated rings. The first-order chi connectivity index (χ1) is 18.1. The van der Waals surface area contributed by atoms with Gasteiger partial charge in [0.15, 0.2) is 0 Å². The highest BCUT2D eigenvalue weighted by Gasteiger charge is 2.23. The fraction of sp³-hybridized carbons (Fsp3) is 0.267. The van der Waals surface area contributed by atoms with Gasteiger partial charge in [-0.1, -0.05) is 72.8 Å². The van der Waals surface area contributed by atoms with Crippen molar-refractivity contribution >= 4 is 17.6 Å². The maximum absolute atomic E-state index is 6.59. The van der Waals surface area contributed by atoms with Crippen molar-refractivity contribution in [3.05, 3.63) is 96.1 Å². The van der Waals surface area contributed by atoms with Gasteiger partial charge in [0.1, 0.15) is 24.0 Å². The van der Waals surface area contributed by atoms with Gasteiger partial charge >= 0.3 is 0 Å². The monoisotopic (exact) mass is 494 g/mol. The Labute approximate surface area is 219 Å². The summed E-state index contributed by atoms with van der Waals surface area (Å²) in [7, 11) is 3.98. The second kappa shape index (κ2) is 11.3. The predicted molar refractivity (Wildman–Crippen MR) is 151 cm³/mol. The molecule has 7 heteroatoms. The number of rotatable bonds is 8. The molecule has 0 saturated carbocycles. The maximum atomic E-state index is 6.59. The molecule has 3 aromatic carbocycles. The van der Waals surface area contributed by atoms with Crippen LogP contribution in [0.1, 0.15) is 11.1 Å². The molecule has 0 radical (unpaired) electrons. The molecule has 2 heterocycles. The number of anilines is 3. The number of nitrogens with zero attached hydrogens (tertiary/aromatic N) is 5. The van der Waals surface area contributed by atoms with Crippen molar-refractivity contribution in [3.63, 3.8) is 0 Å². The van der Waals surface area contributed by atoms with Crippen molar-refractivity contribution in [2.24, 2.45) is 0 Å². The van der Waals surface area contributed by atoms with Crippen molar-refractivity contribution in [2.45, 2.75) is 13.2 Å². The number of aromatic nitrogens is 2. The van der Waals surface area contributed by atoms with E-state index in [1.54, 1.807) is 0 Å². The second-order valence-corrected chi connectivity index (χ2v) is 9.55. The predicted octanol–water partition coefficient (Wildman–Crippen LogP) is 4.69. The molecule has 2 N–H and O–H groups in total. The van der Waals surface area contributed by atoms with Gasteiger partial charge in [-0.2, -0.15) is 9.97 Å². The van der Waals surface area contributed by atoms with Crippen molar-refractivity contribution in [2.75, 3.05) is 55.8 Å². The summed E-state index contributed by atoms with van der Waals surface area (Å²) in [6.07, 6.45) is 0. The van der Waals surface area contributed by atoms with Gasteiger partial charge in [0.05, 0.1) is 5.56 Å². The summed E-state index contributed by atoms with van der Waals surface area (Å²) in [5.41, 5.74) is 10.8. The van der Waals surface area contributed by atoms with Crippen LogP contribution in [0.4, 0.5) is 17.6 Å². The fourth-order valence-electron chi connectivity index (χ4n) is 4.63. The van der Waals surface area contributed by atoms with Crippen LogP contribution in [0.15, 0.2) is 84.9 Å². The molecular formula is C30H34N6O. The van der Waals surface area contributed by atoms with Crippen molar-refractivity contribution in [1.29, 1.82) is 0 Å². The van der Waals surface area contributed by atoms with E-state index >= 15 is 0 Å². The van der Waals surface area contributed by atoms with Crippen molar-refractivity contribution in [3.8, 4) is 16.9 Å². The fourth-order valence-corrected chi connectivity index (χ4v) is 4.63. The number of nitrogens with two attached hydrogens (primary N) is 1. The van der Waals surface area contributed by atoms with Gasteiger partial charge in [0.25, 0.3) is 0 Å². The van der Waals surface area contributed by atoms with Crippen LogP contribution in [0.3, 0.4) is 0 Å². The largest absolute Gasteiger partial charge is 0.489 e. The van der Waals surface area contributed by atoms with E-state index in [0.717, 1.165) is 61.0 Å². The molecule has 190 valence electrons. The van der Waals surface area contributed by atoms with E-state index in [-0.39, 0.29) is 0 Å². The maximum Gasteiger partial charge on any atom is 0.229 e. The second-order valence-electron chi connectivity index (χ2n) is 9.55. The highest BCUT2D eigenvalue weighted by molar-refractivity contribution is 5.85. The minimum Gasteiger partial charge on any atom is -0.489 e. The van der Waals surface area contributed by atoms with E-state index in [9.17, 15) is 0 Å². The summed E-state index contributed by atoms with van der Waals surface area (Å²) < 4.78 is 6.06. The zero-order valence-electron chi connectivity index (χ0n) is 21.5. The molecule has 37 heavy (non-hydrogen) atoms. The minimum absolute atomic E-state index is 0.473. The Morgan fingerprint density at radius 1 is 0.811 bits per heavy atom. The number of hydrogen-bond donors (Lipinski definition) is 1. The third-order valence-electron chi connectivity index (χ3n) is 6.60. The SMILES string of the molecule is CN(C)c1nc(N2CCN(Cc3ccccc3)CC2)nc(N)c1-c1cccc(OCc2ccccc2)c1. The van der Waals surface area contributed by atoms with Gasteiger partial charge in [-0.3, -0.25) is 4.90 Å². The van der Waals surface area contributed by atoms with E-state index in [2.05, 4.69) is 52.3 Å². The van der Waals surface area contributed by atoms with Crippen LogP contribution < -0.4 is 20.3 Å². The zero-order chi connectivity index (χ0) is 25.6. The van der Waals surface area contributed by atoms with Crippen molar-refractivity contribution in [1.82, 2.24) is 14.9 Å². The Bertz CT molecular complexity index is 1300. The standard InChI is InChI=1S/C30H34N6O/c1-34(2)29-27(25-14-9-15-26(20-25)37-22-24-12-7-4-8-13-24)28(31)32-30(33-29)36-18-16-35(17-19-36)21-23-10-5-3-6-11-23/h3-15,20H,16-19,21-22H2,1-2H3,(H2,31,32,33). The molecule has 1 aliphatic heterocycles. The Morgan fingerprint density at radius 3 is 2.16 bits per heavy atom. The number of benzene rings is 3. The van der Waals surface area contributed by atoms with Crippen LogP contribution in [0.25, 0.3) is 11.1 Å². The molecule has 0 amide bonds. The molecule has 1 aromatic heterocycles. The van der Waals surface area contributed by atoms with Gasteiger partial charge in [0.2, 0.25) is 5.95 Å². The molecule has 4 aromatic rings. The molecule has 1 saturated heterocycles. The van der Waals surface area contributed by atoms with Crippen LogP contribution in [0.5, 0.6) is 5.75 Å². The van der Waals surface area contributed by atoms with E-state index in [4.69, 9.17) is 20.4 Å². The van der Waals surface area contributed by atoms with E-state index < -0.39 is 0 Å². The van der Waals surface area contributed by atoms with E-state index in [1.165, 1.54) is 5.56 Å². The summed E-state index contributed by atoms with van der Waals surface area (Å²) in [6.45, 7) is 5.10. The average molecular weight is 495 g/mol. The first-order valence-electron chi connectivity index (χ1n) is 12.7. The number of piperazine rings is 1. The molecule has 1 aliphatic rings. The van der Waals surface area contributed by atoms with Gasteiger partial charge < -0.3 is 20.3 Å². The average Bonchev–Trinajstić information content (AvgIpc) is 2.93. The number of nitrogen functional groups attached to an aromatic ring is 1. The Hall–Kier alpha value is -4.10. The third-order valence-corrected chi connectivity index (χ3v) is 6.60. The van der Waals surface area contributed by atoms with Gasteiger partial charge in [-0.15, -0.1) is 0 Å². The topological polar surface area (TPSA) is 70.8 Å². The lowest BCUT2D eigenvalue weighted by atomic mass is 10.1. The first-order valence-corrected chi connectivity index (χ1v) is 12.7. The Kier molecular flexibility index (Phi) is 7.51. The van der Waals surface area contributed by atoms with Gasteiger partial charge in [-0.05, 0) is 28.8 Å². The molecule has 0 unspecified atom stereocenters. The molecule has 0 aliphatic carbocycles. The minimum atomic E-state index is 0.473. The lowest BCUT2D eigenvalue weighted by molar-refractivity contribution is 0.249. The number of ether oxygens (including phenoxy) is 1. The summed E-state index contributed by atoms with van der Waals surface area (Å²) in [4.78, 5) is 16.4. The third kappa shape index (κ3) is 6.01. The van der Waals surface area contributed by atoms with Crippen LogP contribution >= 0.6 is 0 Å². The lowest BCUT2D eigenvalue weighted by Crippen LogP contribution is -2.46. The Balaban J connectivity index is 1.32. The summed E-state index contributed by atoms with van der Waals surface area (Å²) in [6, 6.07) is 28.7. The smallest absolute Gasteiger partial charge is 0.229 e. The van der Waals surface area contributed by atoms with Crippen LogP contribution in [0, 0.1) is 0 Å². The molecule has 0 spiro atoms. The summed E-state index contributed by atoms with van der Waals surface area (Å²) >= 11 is 0.